The normalized spacial score (nSPS) is 12.8. The van der Waals surface area contributed by atoms with E-state index in [2.05, 4.69) is 17.6 Å². The number of hydrogen-bond acceptors (Lipinski definition) is 5. The Morgan fingerprint density at radius 2 is 1.67 bits per heavy atom. The van der Waals surface area contributed by atoms with E-state index in [1.165, 1.54) is 0 Å². The van der Waals surface area contributed by atoms with Gasteiger partial charge in [-0.3, -0.25) is 14.5 Å². The fraction of sp³-hybridized carbons (Fsp3) is 0.875. The lowest BCUT2D eigenvalue weighted by atomic mass is 9.93. The highest BCUT2D eigenvalue weighted by Gasteiger charge is 2.35. The lowest BCUT2D eigenvalue weighted by Gasteiger charge is -2.36. The molecule has 0 aliphatic carbocycles. The van der Waals surface area contributed by atoms with E-state index in [0.29, 0.717) is 6.54 Å². The van der Waals surface area contributed by atoms with E-state index in [-0.39, 0.29) is 18.1 Å². The molecule has 0 heterocycles. The summed E-state index contributed by atoms with van der Waals surface area (Å²) in [6.45, 7) is 11.1. The van der Waals surface area contributed by atoms with Crippen molar-refractivity contribution in [3.63, 3.8) is 0 Å². The summed E-state index contributed by atoms with van der Waals surface area (Å²) in [5.41, 5.74) is -1.22. The van der Waals surface area contributed by atoms with Crippen molar-refractivity contribution in [3.8, 4) is 0 Å². The van der Waals surface area contributed by atoms with Crippen LogP contribution in [0, 0.1) is 0 Å². The van der Waals surface area contributed by atoms with Gasteiger partial charge < -0.3 is 10.6 Å². The first-order valence-corrected chi connectivity index (χ1v) is 7.77. The number of unbranched alkanes of at least 4 members (excludes halogenated alkanes) is 1. The fourth-order valence-electron chi connectivity index (χ4n) is 1.88. The van der Waals surface area contributed by atoms with Crippen LogP contribution in [0.15, 0.2) is 0 Å². The highest BCUT2D eigenvalue weighted by Crippen LogP contribution is 2.15. The standard InChI is InChI=1S/C16H33N3O2/c1-8-9-10-18-15(2,3)14(21)12-19(7)16(4,5)13(20)11-17-6/h17-18H,8-12H2,1-7H3. The third-order valence-electron chi connectivity index (χ3n) is 4.15. The van der Waals surface area contributed by atoms with E-state index in [9.17, 15) is 9.59 Å². The molecule has 0 unspecified atom stereocenters. The van der Waals surface area contributed by atoms with Gasteiger partial charge in [0.05, 0.1) is 24.2 Å². The van der Waals surface area contributed by atoms with Crippen molar-refractivity contribution in [2.45, 2.75) is 58.5 Å². The summed E-state index contributed by atoms with van der Waals surface area (Å²) in [5, 5.41) is 6.17. The van der Waals surface area contributed by atoms with Crippen LogP contribution < -0.4 is 10.6 Å². The number of likely N-dealkylation sites (N-methyl/N-ethyl adjacent to an activating group) is 2. The van der Waals surface area contributed by atoms with Crippen molar-refractivity contribution in [2.24, 2.45) is 0 Å². The average Bonchev–Trinajstić information content (AvgIpc) is 2.38. The number of nitrogens with zero attached hydrogens (tertiary/aromatic N) is 1. The summed E-state index contributed by atoms with van der Waals surface area (Å²) < 4.78 is 0. The smallest absolute Gasteiger partial charge is 0.166 e. The number of hydrogen-bond donors (Lipinski definition) is 2. The molecule has 0 atom stereocenters. The number of nitrogens with one attached hydrogen (secondary N) is 2. The van der Waals surface area contributed by atoms with Crippen molar-refractivity contribution in [1.82, 2.24) is 15.5 Å². The molecule has 0 aromatic heterocycles. The SMILES string of the molecule is CCCCNC(C)(C)C(=O)CN(C)C(C)(C)C(=O)CNC. The minimum absolute atomic E-state index is 0.0806. The molecule has 5 nitrogen and oxygen atoms in total. The maximum Gasteiger partial charge on any atom is 0.166 e. The largest absolute Gasteiger partial charge is 0.313 e. The maximum absolute atomic E-state index is 12.5. The number of carbonyl (C=O) groups is 2. The molecule has 0 aromatic carbocycles. The molecule has 124 valence electrons. The number of carbonyl (C=O) groups excluding carboxylic acids is 2. The second-order valence-electron chi connectivity index (χ2n) is 6.70. The molecule has 21 heavy (non-hydrogen) atoms. The fourth-order valence-corrected chi connectivity index (χ4v) is 1.88. The van der Waals surface area contributed by atoms with E-state index in [0.717, 1.165) is 19.4 Å². The maximum atomic E-state index is 12.5. The van der Waals surface area contributed by atoms with E-state index in [1.807, 2.05) is 39.6 Å². The van der Waals surface area contributed by atoms with Crippen LogP contribution in [0.1, 0.15) is 47.5 Å². The predicted octanol–water partition coefficient (Wildman–Crippen LogP) is 1.22. The Kier molecular flexibility index (Phi) is 8.29. The van der Waals surface area contributed by atoms with Crippen molar-refractivity contribution in [2.75, 3.05) is 33.7 Å². The summed E-state index contributed by atoms with van der Waals surface area (Å²) in [7, 11) is 3.58. The summed E-state index contributed by atoms with van der Waals surface area (Å²) in [6.07, 6.45) is 2.15. The first-order chi connectivity index (χ1) is 9.59. The van der Waals surface area contributed by atoms with E-state index < -0.39 is 11.1 Å². The van der Waals surface area contributed by atoms with Crippen molar-refractivity contribution in [1.29, 1.82) is 0 Å². The van der Waals surface area contributed by atoms with Gasteiger partial charge in [-0.05, 0) is 54.8 Å². The van der Waals surface area contributed by atoms with Crippen LogP contribution in [-0.2, 0) is 9.59 Å². The first-order valence-electron chi connectivity index (χ1n) is 7.77. The van der Waals surface area contributed by atoms with Crippen LogP contribution >= 0.6 is 0 Å². The first kappa shape index (κ1) is 20.2. The van der Waals surface area contributed by atoms with Crippen LogP contribution in [0.3, 0.4) is 0 Å². The third kappa shape index (κ3) is 6.24. The van der Waals surface area contributed by atoms with Gasteiger partial charge in [-0.1, -0.05) is 13.3 Å². The zero-order valence-electron chi connectivity index (χ0n) is 14.8. The van der Waals surface area contributed by atoms with Crippen LogP contribution in [0.2, 0.25) is 0 Å². The Hall–Kier alpha value is -0.780. The molecule has 0 fully saturated rings. The monoisotopic (exact) mass is 299 g/mol. The molecule has 0 amide bonds. The van der Waals surface area contributed by atoms with E-state index in [1.54, 1.807) is 7.05 Å². The van der Waals surface area contributed by atoms with Gasteiger partial charge in [0.25, 0.3) is 0 Å². The van der Waals surface area contributed by atoms with E-state index >= 15 is 0 Å². The van der Waals surface area contributed by atoms with Gasteiger partial charge in [0, 0.05) is 0 Å². The molecule has 0 rings (SSSR count). The van der Waals surface area contributed by atoms with Gasteiger partial charge in [-0.15, -0.1) is 0 Å². The molecule has 5 heteroatoms. The topological polar surface area (TPSA) is 61.4 Å². The number of Topliss-reactive ketones (excluding diaryl/α,β-unsaturated/α-hetero) is 2. The van der Waals surface area contributed by atoms with Crippen LogP contribution in [0.25, 0.3) is 0 Å². The molecule has 0 aromatic rings. The third-order valence-corrected chi connectivity index (χ3v) is 4.15. The molecule has 0 saturated heterocycles. The Bertz CT molecular complexity index is 351. The van der Waals surface area contributed by atoms with Crippen molar-refractivity contribution < 1.29 is 9.59 Å². The summed E-state index contributed by atoms with van der Waals surface area (Å²) in [4.78, 5) is 26.4. The summed E-state index contributed by atoms with van der Waals surface area (Å²) >= 11 is 0. The molecular formula is C16H33N3O2. The lowest BCUT2D eigenvalue weighted by Crippen LogP contribution is -2.57. The van der Waals surface area contributed by atoms with E-state index in [4.69, 9.17) is 0 Å². The second-order valence-corrected chi connectivity index (χ2v) is 6.70. The van der Waals surface area contributed by atoms with Gasteiger partial charge in [-0.2, -0.15) is 0 Å². The van der Waals surface area contributed by atoms with Crippen LogP contribution in [-0.4, -0.2) is 61.3 Å². The molecular weight excluding hydrogens is 266 g/mol. The second kappa shape index (κ2) is 8.61. The highest BCUT2D eigenvalue weighted by atomic mass is 16.1. The number of rotatable bonds is 11. The van der Waals surface area contributed by atoms with Gasteiger partial charge >= 0.3 is 0 Å². The molecule has 0 saturated carbocycles. The van der Waals surface area contributed by atoms with Crippen molar-refractivity contribution in [3.05, 3.63) is 0 Å². The molecule has 0 radical (unpaired) electrons. The quantitative estimate of drug-likeness (QED) is 0.562. The predicted molar refractivity (Wildman–Crippen MR) is 87.6 cm³/mol. The minimum atomic E-state index is -0.655. The zero-order valence-corrected chi connectivity index (χ0v) is 14.8. The van der Waals surface area contributed by atoms with Gasteiger partial charge in [0.1, 0.15) is 0 Å². The van der Waals surface area contributed by atoms with Gasteiger partial charge in [0.15, 0.2) is 11.6 Å². The molecule has 0 aliphatic rings. The Balaban J connectivity index is 4.64. The minimum Gasteiger partial charge on any atom is -0.313 e. The van der Waals surface area contributed by atoms with Gasteiger partial charge in [0.2, 0.25) is 0 Å². The summed E-state index contributed by atoms with van der Waals surface area (Å²) in [6, 6.07) is 0. The van der Waals surface area contributed by atoms with Crippen LogP contribution in [0.5, 0.6) is 0 Å². The molecule has 2 N–H and O–H groups in total. The van der Waals surface area contributed by atoms with Crippen molar-refractivity contribution >= 4 is 11.6 Å². The molecule has 0 aliphatic heterocycles. The Morgan fingerprint density at radius 1 is 1.10 bits per heavy atom. The lowest BCUT2D eigenvalue weighted by molar-refractivity contribution is -0.131. The Labute approximate surface area is 129 Å². The molecule has 0 bridgehead atoms. The zero-order chi connectivity index (χ0) is 16.7. The molecule has 0 spiro atoms. The van der Waals surface area contributed by atoms with Crippen LogP contribution in [0.4, 0.5) is 0 Å². The Morgan fingerprint density at radius 3 is 2.14 bits per heavy atom. The average molecular weight is 299 g/mol. The highest BCUT2D eigenvalue weighted by molar-refractivity contribution is 5.92. The number of ketones is 2. The summed E-state index contributed by atoms with van der Waals surface area (Å²) in [5.74, 6) is 0.184. The van der Waals surface area contributed by atoms with Gasteiger partial charge in [-0.25, -0.2) is 0 Å².